The monoisotopic (exact) mass is 266 g/mol. The van der Waals surface area contributed by atoms with E-state index in [-0.39, 0.29) is 0 Å². The lowest BCUT2D eigenvalue weighted by Gasteiger charge is -2.38. The second-order valence-electron chi connectivity index (χ2n) is 6.36. The summed E-state index contributed by atoms with van der Waals surface area (Å²) < 4.78 is 0. The van der Waals surface area contributed by atoms with Crippen LogP contribution in [0.2, 0.25) is 0 Å². The van der Waals surface area contributed by atoms with E-state index in [1.165, 1.54) is 51.4 Å². The molecule has 0 saturated heterocycles. The van der Waals surface area contributed by atoms with Crippen LogP contribution in [-0.4, -0.2) is 29.9 Å². The highest BCUT2D eigenvalue weighted by Crippen LogP contribution is 2.29. The third-order valence-corrected chi connectivity index (χ3v) is 4.93. The van der Waals surface area contributed by atoms with Crippen LogP contribution in [0, 0.1) is 5.92 Å². The van der Waals surface area contributed by atoms with Gasteiger partial charge in [0.1, 0.15) is 0 Å². The summed E-state index contributed by atoms with van der Waals surface area (Å²) in [6.45, 7) is 1.57. The van der Waals surface area contributed by atoms with E-state index >= 15 is 0 Å². The molecule has 2 aliphatic rings. The van der Waals surface area contributed by atoms with Crippen LogP contribution in [-0.2, 0) is 4.79 Å². The smallest absolute Gasteiger partial charge is 0.222 e. The Kier molecular flexibility index (Phi) is 6.15. The van der Waals surface area contributed by atoms with Gasteiger partial charge in [0.05, 0.1) is 0 Å². The lowest BCUT2D eigenvalue weighted by atomic mass is 9.85. The molecular weight excluding hydrogens is 236 g/mol. The van der Waals surface area contributed by atoms with Gasteiger partial charge in [-0.1, -0.05) is 32.1 Å². The van der Waals surface area contributed by atoms with Crippen molar-refractivity contribution >= 4 is 5.91 Å². The molecule has 2 N–H and O–H groups in total. The highest BCUT2D eigenvalue weighted by Gasteiger charge is 2.28. The van der Waals surface area contributed by atoms with Gasteiger partial charge in [-0.25, -0.2) is 0 Å². The number of hydrogen-bond donors (Lipinski definition) is 1. The van der Waals surface area contributed by atoms with Crippen LogP contribution >= 0.6 is 0 Å². The summed E-state index contributed by atoms with van der Waals surface area (Å²) in [5.41, 5.74) is 5.59. The third kappa shape index (κ3) is 4.48. The highest BCUT2D eigenvalue weighted by molar-refractivity contribution is 5.76. The van der Waals surface area contributed by atoms with Gasteiger partial charge < -0.3 is 10.6 Å². The zero-order valence-corrected chi connectivity index (χ0v) is 12.3. The van der Waals surface area contributed by atoms with E-state index in [1.807, 2.05) is 0 Å². The number of carbonyl (C=O) groups excluding carboxylic acids is 1. The number of nitrogens with zero attached hydrogens (tertiary/aromatic N) is 1. The Morgan fingerprint density at radius 2 is 1.79 bits per heavy atom. The summed E-state index contributed by atoms with van der Waals surface area (Å²) >= 11 is 0. The summed E-state index contributed by atoms with van der Waals surface area (Å²) in [6, 6.07) is 0.533. The maximum atomic E-state index is 12.4. The van der Waals surface area contributed by atoms with Crippen LogP contribution in [0.15, 0.2) is 0 Å². The van der Waals surface area contributed by atoms with Gasteiger partial charge in [-0.2, -0.15) is 0 Å². The molecule has 0 aliphatic heterocycles. The Morgan fingerprint density at radius 3 is 2.37 bits per heavy atom. The van der Waals surface area contributed by atoms with Crippen molar-refractivity contribution < 1.29 is 4.79 Å². The fraction of sp³-hybridized carbons (Fsp3) is 0.938. The van der Waals surface area contributed by atoms with E-state index in [9.17, 15) is 4.79 Å². The quantitative estimate of drug-likeness (QED) is 0.769. The largest absolute Gasteiger partial charge is 0.340 e. The summed E-state index contributed by atoms with van der Waals surface area (Å²) in [6.07, 6.45) is 13.4. The zero-order chi connectivity index (χ0) is 13.5. The number of carbonyl (C=O) groups is 1. The first kappa shape index (κ1) is 14.8. The van der Waals surface area contributed by atoms with Gasteiger partial charge in [-0.05, 0) is 44.6 Å². The van der Waals surface area contributed by atoms with Crippen molar-refractivity contribution in [3.05, 3.63) is 0 Å². The molecule has 2 fully saturated rings. The van der Waals surface area contributed by atoms with Gasteiger partial charge in [0.2, 0.25) is 5.91 Å². The van der Waals surface area contributed by atoms with Crippen molar-refractivity contribution in [1.29, 1.82) is 0 Å². The summed E-state index contributed by atoms with van der Waals surface area (Å²) in [5.74, 6) is 1.21. The second-order valence-corrected chi connectivity index (χ2v) is 6.36. The molecule has 2 rings (SSSR count). The van der Waals surface area contributed by atoms with Crippen molar-refractivity contribution in [2.75, 3.05) is 13.1 Å². The molecule has 0 heterocycles. The first-order valence-corrected chi connectivity index (χ1v) is 8.31. The third-order valence-electron chi connectivity index (χ3n) is 4.93. The molecule has 0 aromatic carbocycles. The molecule has 110 valence electrons. The topological polar surface area (TPSA) is 46.3 Å². The van der Waals surface area contributed by atoms with E-state index < -0.39 is 0 Å². The molecule has 0 aromatic rings. The Hall–Kier alpha value is -0.570. The molecule has 2 saturated carbocycles. The lowest BCUT2D eigenvalue weighted by Crippen LogP contribution is -2.45. The SMILES string of the molecule is NCCCN(C(=O)CCC1CCCCC1)C1CCC1. The summed E-state index contributed by atoms with van der Waals surface area (Å²) in [4.78, 5) is 14.5. The Balaban J connectivity index is 1.73. The predicted molar refractivity (Wildman–Crippen MR) is 78.8 cm³/mol. The van der Waals surface area contributed by atoms with Gasteiger partial charge >= 0.3 is 0 Å². The van der Waals surface area contributed by atoms with Crippen molar-refractivity contribution in [1.82, 2.24) is 4.90 Å². The fourth-order valence-corrected chi connectivity index (χ4v) is 3.42. The predicted octanol–water partition coefficient (Wildman–Crippen LogP) is 3.08. The van der Waals surface area contributed by atoms with E-state index in [1.54, 1.807) is 0 Å². The lowest BCUT2D eigenvalue weighted by molar-refractivity contribution is -0.135. The molecule has 0 bridgehead atoms. The Labute approximate surface area is 117 Å². The van der Waals surface area contributed by atoms with Gasteiger partial charge in [-0.3, -0.25) is 4.79 Å². The first-order chi connectivity index (χ1) is 9.31. The maximum absolute atomic E-state index is 12.4. The summed E-state index contributed by atoms with van der Waals surface area (Å²) in [7, 11) is 0. The average Bonchev–Trinajstić information content (AvgIpc) is 2.39. The molecule has 0 radical (unpaired) electrons. The standard InChI is InChI=1S/C16H30N2O/c17-12-5-13-18(15-8-4-9-15)16(19)11-10-14-6-2-1-3-7-14/h14-15H,1-13,17H2. The molecule has 3 heteroatoms. The normalized spacial score (nSPS) is 21.1. The van der Waals surface area contributed by atoms with E-state index in [4.69, 9.17) is 5.73 Å². The number of hydrogen-bond acceptors (Lipinski definition) is 2. The molecule has 0 atom stereocenters. The molecule has 3 nitrogen and oxygen atoms in total. The van der Waals surface area contributed by atoms with Gasteiger partial charge in [0, 0.05) is 19.0 Å². The zero-order valence-electron chi connectivity index (χ0n) is 12.3. The number of rotatable bonds is 7. The average molecular weight is 266 g/mol. The summed E-state index contributed by atoms with van der Waals surface area (Å²) in [5, 5.41) is 0. The molecule has 0 unspecified atom stereocenters. The fourth-order valence-electron chi connectivity index (χ4n) is 3.42. The van der Waals surface area contributed by atoms with Gasteiger partial charge in [-0.15, -0.1) is 0 Å². The molecular formula is C16H30N2O. The highest BCUT2D eigenvalue weighted by atomic mass is 16.2. The molecule has 0 aromatic heterocycles. The van der Waals surface area contributed by atoms with Crippen LogP contribution in [0.1, 0.15) is 70.6 Å². The van der Waals surface area contributed by atoms with Crippen molar-refractivity contribution in [3.8, 4) is 0 Å². The van der Waals surface area contributed by atoms with E-state index in [0.717, 1.165) is 31.7 Å². The molecule has 0 spiro atoms. The second kappa shape index (κ2) is 7.88. The van der Waals surface area contributed by atoms with Crippen molar-refractivity contribution in [3.63, 3.8) is 0 Å². The van der Waals surface area contributed by atoms with Crippen molar-refractivity contribution in [2.45, 2.75) is 76.7 Å². The minimum Gasteiger partial charge on any atom is -0.340 e. The van der Waals surface area contributed by atoms with Gasteiger partial charge in [0.15, 0.2) is 0 Å². The van der Waals surface area contributed by atoms with Crippen LogP contribution in [0.3, 0.4) is 0 Å². The van der Waals surface area contributed by atoms with Gasteiger partial charge in [0.25, 0.3) is 0 Å². The van der Waals surface area contributed by atoms with Crippen LogP contribution in [0.25, 0.3) is 0 Å². The molecule has 2 aliphatic carbocycles. The Bertz CT molecular complexity index is 270. The minimum absolute atomic E-state index is 0.392. The van der Waals surface area contributed by atoms with Crippen molar-refractivity contribution in [2.24, 2.45) is 11.7 Å². The Morgan fingerprint density at radius 1 is 1.05 bits per heavy atom. The van der Waals surface area contributed by atoms with E-state index in [2.05, 4.69) is 4.90 Å². The first-order valence-electron chi connectivity index (χ1n) is 8.31. The molecule has 1 amide bonds. The number of nitrogens with two attached hydrogens (primary N) is 1. The number of amides is 1. The van der Waals surface area contributed by atoms with Crippen LogP contribution in [0.4, 0.5) is 0 Å². The van der Waals surface area contributed by atoms with Crippen LogP contribution < -0.4 is 5.73 Å². The van der Waals surface area contributed by atoms with Crippen LogP contribution in [0.5, 0.6) is 0 Å². The minimum atomic E-state index is 0.392. The maximum Gasteiger partial charge on any atom is 0.222 e. The molecule has 19 heavy (non-hydrogen) atoms. The van der Waals surface area contributed by atoms with E-state index in [0.29, 0.717) is 18.5 Å².